The number of piperidine rings is 1. The Morgan fingerprint density at radius 3 is 2.21 bits per heavy atom. The van der Waals surface area contributed by atoms with Crippen LogP contribution in [0.3, 0.4) is 0 Å². The van der Waals surface area contributed by atoms with E-state index in [9.17, 15) is 14.4 Å². The monoisotopic (exact) mass is 567 g/mol. The number of carbonyl (C=O) groups is 3. The molecule has 216 valence electrons. The molecule has 0 bridgehead atoms. The van der Waals surface area contributed by atoms with Crippen LogP contribution < -0.4 is 16.8 Å². The van der Waals surface area contributed by atoms with Gasteiger partial charge in [0.1, 0.15) is 0 Å². The molecule has 12 nitrogen and oxygen atoms in total. The molecule has 4 atom stereocenters. The Kier molecular flexibility index (Phi) is 6.77. The van der Waals surface area contributed by atoms with E-state index >= 15 is 0 Å². The first-order chi connectivity index (χ1) is 20.1. The zero-order valence-corrected chi connectivity index (χ0v) is 23.6. The van der Waals surface area contributed by atoms with Gasteiger partial charge in [0, 0.05) is 36.7 Å². The Morgan fingerprint density at radius 1 is 1.07 bits per heavy atom. The molecule has 0 unspecified atom stereocenters. The van der Waals surface area contributed by atoms with Gasteiger partial charge in [0.05, 0.1) is 12.0 Å². The van der Waals surface area contributed by atoms with Gasteiger partial charge in [0.2, 0.25) is 17.7 Å². The molecule has 12 heteroatoms. The molecular formula is C30H33N9O3. The zero-order chi connectivity index (χ0) is 29.8. The SMILES string of the molecule is [C-]#[N+][C@@H]1C[C@@H]2C[C@@H]2N1C(=O)CN[C@H](C)CC1(c2nnnn2C)c2ccc(C(N)=O)cc2CCc2cc(C(N)=O)ccc21. The van der Waals surface area contributed by atoms with E-state index in [1.165, 1.54) is 0 Å². The highest BCUT2D eigenvalue weighted by molar-refractivity contribution is 5.94. The zero-order valence-electron chi connectivity index (χ0n) is 23.6. The number of likely N-dealkylation sites (tertiary alicyclic amines) is 1. The second-order valence-electron chi connectivity index (χ2n) is 11.7. The van der Waals surface area contributed by atoms with Gasteiger partial charge in [-0.25, -0.2) is 11.3 Å². The number of fused-ring (bicyclic) bond motifs is 3. The van der Waals surface area contributed by atoms with Crippen molar-refractivity contribution in [3.63, 3.8) is 0 Å². The van der Waals surface area contributed by atoms with Crippen LogP contribution in [-0.2, 0) is 30.1 Å². The van der Waals surface area contributed by atoms with E-state index in [1.807, 2.05) is 31.2 Å². The van der Waals surface area contributed by atoms with Crippen LogP contribution in [0.4, 0.5) is 0 Å². The van der Waals surface area contributed by atoms with Gasteiger partial charge in [-0.2, -0.15) is 0 Å². The maximum absolute atomic E-state index is 13.3. The van der Waals surface area contributed by atoms with Crippen molar-refractivity contribution in [1.29, 1.82) is 0 Å². The van der Waals surface area contributed by atoms with Crippen LogP contribution >= 0.6 is 0 Å². The molecule has 1 aliphatic heterocycles. The maximum Gasteiger partial charge on any atom is 0.301 e. The van der Waals surface area contributed by atoms with Crippen molar-refractivity contribution in [3.05, 3.63) is 87.0 Å². The first-order valence-corrected chi connectivity index (χ1v) is 14.1. The van der Waals surface area contributed by atoms with Crippen molar-refractivity contribution in [2.45, 2.75) is 62.7 Å². The summed E-state index contributed by atoms with van der Waals surface area (Å²) in [7, 11) is 1.78. The molecule has 3 aliphatic rings. The number of aryl methyl sites for hydroxylation is 3. The van der Waals surface area contributed by atoms with Gasteiger partial charge in [-0.3, -0.25) is 24.1 Å². The largest absolute Gasteiger partial charge is 0.366 e. The number of amides is 3. The normalized spacial score (nSPS) is 22.2. The summed E-state index contributed by atoms with van der Waals surface area (Å²) in [5.41, 5.74) is 14.9. The summed E-state index contributed by atoms with van der Waals surface area (Å²) in [6.07, 6.45) is 2.99. The molecular weight excluding hydrogens is 534 g/mol. The lowest BCUT2D eigenvalue weighted by atomic mass is 9.67. The fourth-order valence-electron chi connectivity index (χ4n) is 7.08. The van der Waals surface area contributed by atoms with E-state index in [2.05, 4.69) is 25.7 Å². The van der Waals surface area contributed by atoms with Crippen LogP contribution in [0.25, 0.3) is 4.85 Å². The summed E-state index contributed by atoms with van der Waals surface area (Å²) in [5, 5.41) is 16.1. The van der Waals surface area contributed by atoms with Gasteiger partial charge in [-0.15, -0.1) is 5.10 Å². The quantitative estimate of drug-likeness (QED) is 0.342. The fraction of sp³-hybridized carbons (Fsp3) is 0.433. The van der Waals surface area contributed by atoms with Gasteiger partial charge >= 0.3 is 6.17 Å². The van der Waals surface area contributed by atoms with Crippen LogP contribution in [0.5, 0.6) is 0 Å². The van der Waals surface area contributed by atoms with E-state index in [4.69, 9.17) is 18.0 Å². The predicted molar refractivity (Wildman–Crippen MR) is 152 cm³/mol. The number of nitrogens with zero attached hydrogens (tertiary/aromatic N) is 6. The Morgan fingerprint density at radius 2 is 1.69 bits per heavy atom. The summed E-state index contributed by atoms with van der Waals surface area (Å²) in [4.78, 5) is 43.0. The maximum atomic E-state index is 13.3. The van der Waals surface area contributed by atoms with E-state index in [1.54, 1.807) is 28.8 Å². The van der Waals surface area contributed by atoms with Crippen molar-refractivity contribution < 1.29 is 14.4 Å². The first-order valence-electron chi connectivity index (χ1n) is 14.1. The number of aromatic nitrogens is 4. The lowest BCUT2D eigenvalue weighted by molar-refractivity contribution is -0.131. The molecule has 5 N–H and O–H groups in total. The van der Waals surface area contributed by atoms with Crippen molar-refractivity contribution in [1.82, 2.24) is 30.4 Å². The minimum Gasteiger partial charge on any atom is -0.366 e. The third-order valence-electron chi connectivity index (χ3n) is 9.09. The van der Waals surface area contributed by atoms with E-state index < -0.39 is 17.2 Å². The molecule has 3 aromatic rings. The van der Waals surface area contributed by atoms with Crippen LogP contribution in [-0.4, -0.2) is 67.6 Å². The van der Waals surface area contributed by atoms with E-state index in [0.29, 0.717) is 42.1 Å². The van der Waals surface area contributed by atoms with Crippen LogP contribution in [0.1, 0.15) is 75.0 Å². The van der Waals surface area contributed by atoms with Crippen LogP contribution in [0.2, 0.25) is 0 Å². The average molecular weight is 568 g/mol. The topological polar surface area (TPSA) is 166 Å². The number of tetrazole rings is 1. The lowest BCUT2D eigenvalue weighted by Gasteiger charge is -2.37. The van der Waals surface area contributed by atoms with Crippen molar-refractivity contribution in [2.75, 3.05) is 6.54 Å². The Balaban J connectivity index is 1.43. The van der Waals surface area contributed by atoms with Gasteiger partial charge < -0.3 is 16.8 Å². The molecule has 2 heterocycles. The molecule has 0 spiro atoms. The third-order valence-corrected chi connectivity index (χ3v) is 9.09. The van der Waals surface area contributed by atoms with Gasteiger partial charge in [-0.1, -0.05) is 12.1 Å². The number of benzene rings is 2. The lowest BCUT2D eigenvalue weighted by Crippen LogP contribution is -2.46. The standard InChI is InChI=1S/C30H33N9O3/c1-16(34-15-26(40)39-24-12-21(24)13-25(39)33-2)14-30(29-35-36-37-38(29)3)22-8-6-19(27(31)41)10-17(22)4-5-18-11-20(28(32)42)7-9-23(18)30/h6-11,16,21,24-25,34H,4-5,12-15H2,1,3H3,(H2,31,41)(H2,32,42)/t16-,21+,24+,25+/m1/s1. The summed E-state index contributed by atoms with van der Waals surface area (Å²) < 4.78 is 1.64. The summed E-state index contributed by atoms with van der Waals surface area (Å²) in [6.45, 7) is 9.63. The van der Waals surface area contributed by atoms with Crippen LogP contribution in [0.15, 0.2) is 36.4 Å². The molecule has 6 rings (SSSR count). The number of nitrogens with two attached hydrogens (primary N) is 2. The summed E-state index contributed by atoms with van der Waals surface area (Å²) >= 11 is 0. The van der Waals surface area contributed by atoms with Gasteiger partial charge in [0.15, 0.2) is 5.82 Å². The summed E-state index contributed by atoms with van der Waals surface area (Å²) in [5.74, 6) is -0.0769. The third kappa shape index (κ3) is 4.50. The second-order valence-corrected chi connectivity index (χ2v) is 11.7. The number of rotatable bonds is 8. The van der Waals surface area contributed by atoms with Crippen molar-refractivity contribution in [2.24, 2.45) is 24.4 Å². The molecule has 3 amide bonds. The molecule has 1 saturated carbocycles. The van der Waals surface area contributed by atoms with Gasteiger partial charge in [-0.05, 0) is 95.5 Å². The fourth-order valence-corrected chi connectivity index (χ4v) is 7.08. The Labute approximate surface area is 243 Å². The molecule has 1 aromatic heterocycles. The number of carbonyl (C=O) groups excluding carboxylic acids is 3. The Hall–Kier alpha value is -4.63. The molecule has 42 heavy (non-hydrogen) atoms. The van der Waals surface area contributed by atoms with Crippen LogP contribution in [0, 0.1) is 12.5 Å². The number of hydrogen-bond acceptors (Lipinski definition) is 7. The van der Waals surface area contributed by atoms with Gasteiger partial charge in [0.25, 0.3) is 0 Å². The number of primary amides is 2. The molecule has 0 radical (unpaired) electrons. The second kappa shape index (κ2) is 10.3. The molecule has 1 saturated heterocycles. The van der Waals surface area contributed by atoms with Crippen molar-refractivity contribution >= 4 is 17.7 Å². The predicted octanol–water partition coefficient (Wildman–Crippen LogP) is 1.08. The highest BCUT2D eigenvalue weighted by Gasteiger charge is 2.57. The van der Waals surface area contributed by atoms with E-state index in [-0.39, 0.29) is 30.7 Å². The van der Waals surface area contributed by atoms with Crippen molar-refractivity contribution in [3.8, 4) is 0 Å². The molecule has 2 fully saturated rings. The van der Waals surface area contributed by atoms with E-state index in [0.717, 1.165) is 35.1 Å². The molecule has 2 aromatic carbocycles. The molecule has 2 aliphatic carbocycles. The number of hydrogen-bond donors (Lipinski definition) is 3. The smallest absolute Gasteiger partial charge is 0.301 e. The highest BCUT2D eigenvalue weighted by atomic mass is 16.2. The number of nitrogens with one attached hydrogen (secondary N) is 1. The minimum absolute atomic E-state index is 0.0684. The minimum atomic E-state index is -0.907. The Bertz CT molecular complexity index is 1580. The first kappa shape index (κ1) is 27.5. The highest BCUT2D eigenvalue weighted by Crippen LogP contribution is 2.49. The average Bonchev–Trinajstić information content (AvgIpc) is 3.47. The summed E-state index contributed by atoms with van der Waals surface area (Å²) in [6, 6.07) is 10.9.